The van der Waals surface area contributed by atoms with Gasteiger partial charge in [-0.2, -0.15) is 0 Å². The van der Waals surface area contributed by atoms with E-state index in [0.29, 0.717) is 6.61 Å². The van der Waals surface area contributed by atoms with Crippen LogP contribution in [0, 0.1) is 0 Å². The van der Waals surface area contributed by atoms with Gasteiger partial charge >= 0.3 is 0 Å². The molecule has 3 aromatic rings. The van der Waals surface area contributed by atoms with Crippen molar-refractivity contribution < 1.29 is 4.74 Å². The number of aromatic nitrogens is 4. The van der Waals surface area contributed by atoms with Gasteiger partial charge in [-0.05, 0) is 58.0 Å². The van der Waals surface area contributed by atoms with Crippen molar-refractivity contribution in [3.05, 3.63) is 76.9 Å². The van der Waals surface area contributed by atoms with Crippen molar-refractivity contribution >= 4 is 11.8 Å². The van der Waals surface area contributed by atoms with E-state index in [0.717, 1.165) is 64.0 Å². The van der Waals surface area contributed by atoms with Gasteiger partial charge in [0.2, 0.25) is 0 Å². The molecule has 3 aliphatic rings. The zero-order chi connectivity index (χ0) is 23.8. The number of hydrogen-bond acceptors (Lipinski definition) is 6. The van der Waals surface area contributed by atoms with Crippen LogP contribution in [0.2, 0.25) is 0 Å². The highest BCUT2D eigenvalue weighted by molar-refractivity contribution is 6.13. The molecule has 7 nitrogen and oxygen atoms in total. The smallest absolute Gasteiger partial charge is 0.157 e. The summed E-state index contributed by atoms with van der Waals surface area (Å²) < 4.78 is 6.02. The van der Waals surface area contributed by atoms with E-state index in [2.05, 4.69) is 53.0 Å². The molecule has 0 saturated carbocycles. The molecule has 178 valence electrons. The Hall–Kier alpha value is -3.58. The number of nitrogens with zero attached hydrogens (tertiary/aromatic N) is 5. The van der Waals surface area contributed by atoms with E-state index in [1.54, 1.807) is 6.20 Å². The molecule has 0 bridgehead atoms. The number of fused-ring (bicyclic) bond motifs is 2. The lowest BCUT2D eigenvalue weighted by Crippen LogP contribution is -2.25. The molecule has 1 fully saturated rings. The van der Waals surface area contributed by atoms with E-state index >= 15 is 0 Å². The molecule has 1 N–H and O–H groups in total. The number of rotatable bonds is 6. The zero-order valence-electron chi connectivity index (χ0n) is 20.3. The van der Waals surface area contributed by atoms with Gasteiger partial charge in [-0.3, -0.25) is 19.9 Å². The van der Waals surface area contributed by atoms with Gasteiger partial charge in [0, 0.05) is 47.7 Å². The maximum Gasteiger partial charge on any atom is 0.157 e. The van der Waals surface area contributed by atoms with E-state index in [-0.39, 0.29) is 6.04 Å². The fourth-order valence-electron chi connectivity index (χ4n) is 5.07. The fourth-order valence-corrected chi connectivity index (χ4v) is 5.07. The third kappa shape index (κ3) is 4.44. The van der Waals surface area contributed by atoms with Crippen LogP contribution in [-0.4, -0.2) is 56.8 Å². The summed E-state index contributed by atoms with van der Waals surface area (Å²) in [7, 11) is 0. The number of hydrogen-bond donors (Lipinski definition) is 1. The minimum atomic E-state index is -0.00508. The largest absolute Gasteiger partial charge is 0.491 e. The predicted octanol–water partition coefficient (Wildman–Crippen LogP) is 4.77. The highest BCUT2D eigenvalue weighted by Crippen LogP contribution is 2.33. The molecule has 5 heterocycles. The lowest BCUT2D eigenvalue weighted by atomic mass is 10.0. The van der Waals surface area contributed by atoms with Crippen LogP contribution in [0.25, 0.3) is 17.2 Å². The van der Waals surface area contributed by atoms with Gasteiger partial charge in [0.15, 0.2) is 5.82 Å². The molecule has 3 aromatic heterocycles. The summed E-state index contributed by atoms with van der Waals surface area (Å²) in [5.74, 6) is 1.59. The average molecular weight is 467 g/mol. The lowest BCUT2D eigenvalue weighted by Gasteiger charge is -2.15. The van der Waals surface area contributed by atoms with Gasteiger partial charge in [-0.25, -0.2) is 4.98 Å². The Morgan fingerprint density at radius 3 is 2.86 bits per heavy atom. The number of ether oxygens (including phenoxy) is 1. The Balaban J connectivity index is 1.25. The highest BCUT2D eigenvalue weighted by Gasteiger charge is 2.28. The summed E-state index contributed by atoms with van der Waals surface area (Å²) >= 11 is 0. The Morgan fingerprint density at radius 2 is 1.97 bits per heavy atom. The normalized spacial score (nSPS) is 19.2. The second kappa shape index (κ2) is 9.23. The van der Waals surface area contributed by atoms with Gasteiger partial charge in [-0.15, -0.1) is 0 Å². The minimum Gasteiger partial charge on any atom is -0.491 e. The monoisotopic (exact) mass is 466 g/mol. The number of pyridine rings is 2. The summed E-state index contributed by atoms with van der Waals surface area (Å²) in [4.78, 5) is 25.0. The number of likely N-dealkylation sites (tertiary alicyclic amines) is 1. The quantitative estimate of drug-likeness (QED) is 0.566. The maximum absolute atomic E-state index is 6.02. The minimum absolute atomic E-state index is 0.00508. The number of imidazole rings is 1. The number of aliphatic imine (C=N–C) groups is 1. The summed E-state index contributed by atoms with van der Waals surface area (Å²) in [6, 6.07) is 4.20. The van der Waals surface area contributed by atoms with Crippen molar-refractivity contribution in [2.75, 3.05) is 26.2 Å². The second-order valence-electron chi connectivity index (χ2n) is 9.62. The Labute approximate surface area is 205 Å². The molecule has 1 saturated heterocycles. The first kappa shape index (κ1) is 21.9. The topological polar surface area (TPSA) is 79.3 Å². The Kier molecular flexibility index (Phi) is 5.78. The summed E-state index contributed by atoms with van der Waals surface area (Å²) in [5.41, 5.74) is 8.25. The number of aromatic amines is 1. The Morgan fingerprint density at radius 1 is 1.11 bits per heavy atom. The fraction of sp³-hybridized carbons (Fsp3) is 0.357. The molecule has 7 heteroatoms. The third-order valence-electron chi connectivity index (χ3n) is 6.94. The summed E-state index contributed by atoms with van der Waals surface area (Å²) in [6.45, 7) is 8.20. The van der Waals surface area contributed by atoms with E-state index in [1.165, 1.54) is 31.5 Å². The van der Waals surface area contributed by atoms with Crippen LogP contribution in [0.5, 0.6) is 5.75 Å². The van der Waals surface area contributed by atoms with Crippen molar-refractivity contribution in [3.8, 4) is 16.9 Å². The molecular weight excluding hydrogens is 436 g/mol. The predicted molar refractivity (Wildman–Crippen MR) is 138 cm³/mol. The third-order valence-corrected chi connectivity index (χ3v) is 6.94. The first-order chi connectivity index (χ1) is 17.1. The molecule has 0 unspecified atom stereocenters. The van der Waals surface area contributed by atoms with Crippen LogP contribution in [0.4, 0.5) is 0 Å². The second-order valence-corrected chi connectivity index (χ2v) is 9.62. The molecule has 1 atom stereocenters. The van der Waals surface area contributed by atoms with Crippen LogP contribution < -0.4 is 4.74 Å². The van der Waals surface area contributed by atoms with Crippen LogP contribution >= 0.6 is 0 Å². The van der Waals surface area contributed by atoms with Gasteiger partial charge in [0.05, 0.1) is 23.6 Å². The van der Waals surface area contributed by atoms with Crippen molar-refractivity contribution in [2.24, 2.45) is 4.99 Å². The maximum atomic E-state index is 6.02. The summed E-state index contributed by atoms with van der Waals surface area (Å²) in [6.07, 6.45) is 15.2. The van der Waals surface area contributed by atoms with E-state index in [4.69, 9.17) is 19.7 Å². The van der Waals surface area contributed by atoms with Crippen molar-refractivity contribution in [1.82, 2.24) is 24.8 Å². The average Bonchev–Trinajstić information content (AvgIpc) is 3.57. The number of H-pyrrole nitrogens is 1. The van der Waals surface area contributed by atoms with E-state index < -0.39 is 0 Å². The van der Waals surface area contributed by atoms with Crippen molar-refractivity contribution in [1.29, 1.82) is 0 Å². The Bertz CT molecular complexity index is 1350. The van der Waals surface area contributed by atoms with Crippen LogP contribution in [-0.2, 0) is 6.42 Å². The molecule has 1 aliphatic carbocycles. The standard InChI is InChI=1S/C28H30N6O/c1-18-6-5-7-24-25(12-18)33-28(32-24)27-23-14-21(16-30-26(23)19(2)31-27)20-13-22(17-29-15-20)35-11-10-34-8-3-4-9-34/h5-7,13-17,19H,3-4,8-12H2,1-2H3,(H,32,33)/t19-/m0/s1. The molecular formula is C28H30N6O. The van der Waals surface area contributed by atoms with E-state index in [9.17, 15) is 0 Å². The zero-order valence-corrected chi connectivity index (χ0v) is 20.3. The van der Waals surface area contributed by atoms with Crippen LogP contribution in [0.15, 0.2) is 53.4 Å². The first-order valence-electron chi connectivity index (χ1n) is 12.5. The van der Waals surface area contributed by atoms with Crippen LogP contribution in [0.3, 0.4) is 0 Å². The first-order valence-corrected chi connectivity index (χ1v) is 12.5. The van der Waals surface area contributed by atoms with Crippen molar-refractivity contribution in [2.45, 2.75) is 39.2 Å². The van der Waals surface area contributed by atoms with Gasteiger partial charge in [0.25, 0.3) is 0 Å². The molecule has 0 aromatic carbocycles. The molecule has 0 amide bonds. The molecule has 2 aliphatic heterocycles. The number of allylic oxidation sites excluding steroid dienone is 3. The summed E-state index contributed by atoms with van der Waals surface area (Å²) in [5, 5.41) is 0. The molecule has 0 spiro atoms. The van der Waals surface area contributed by atoms with Gasteiger partial charge in [0.1, 0.15) is 18.1 Å². The SMILES string of the molecule is CC1=CC=Cc2nc(C3=N[C@@H](C)c4ncc(-c5cncc(OCCN6CCCC6)c5)cc43)[nH]c2C1. The van der Waals surface area contributed by atoms with Gasteiger partial charge < -0.3 is 9.72 Å². The molecule has 6 rings (SSSR count). The highest BCUT2D eigenvalue weighted by atomic mass is 16.5. The van der Waals surface area contributed by atoms with E-state index in [1.807, 2.05) is 18.5 Å². The lowest BCUT2D eigenvalue weighted by molar-refractivity contribution is 0.237. The van der Waals surface area contributed by atoms with Crippen LogP contribution in [0.1, 0.15) is 61.2 Å². The molecule has 0 radical (unpaired) electrons. The molecule has 35 heavy (non-hydrogen) atoms. The van der Waals surface area contributed by atoms with Gasteiger partial charge in [-0.1, -0.05) is 17.7 Å². The van der Waals surface area contributed by atoms with Crippen molar-refractivity contribution in [3.63, 3.8) is 0 Å². The number of nitrogens with one attached hydrogen (secondary N) is 1.